The van der Waals surface area contributed by atoms with Crippen molar-refractivity contribution in [2.45, 2.75) is 12.6 Å². The molecule has 0 amide bonds. The van der Waals surface area contributed by atoms with Crippen LogP contribution in [0.15, 0.2) is 0 Å². The highest BCUT2D eigenvalue weighted by atomic mass is 31.2. The third-order valence-electron chi connectivity index (χ3n) is 1.17. The maximum atomic E-state index is 11.6. The molecule has 0 unspecified atom stereocenters. The van der Waals surface area contributed by atoms with Gasteiger partial charge in [-0.1, -0.05) is 0 Å². The molecule has 8 heteroatoms. The number of phosphoric ester groups is 1. The van der Waals surface area contributed by atoms with Crippen LogP contribution in [-0.2, 0) is 18.1 Å². The van der Waals surface area contributed by atoms with Gasteiger partial charge in [-0.2, -0.15) is 13.2 Å². The second-order valence-electron chi connectivity index (χ2n) is 2.36. The van der Waals surface area contributed by atoms with Crippen LogP contribution in [0.1, 0.15) is 6.42 Å². The molecule has 0 N–H and O–H groups in total. The highest BCUT2D eigenvalue weighted by Gasteiger charge is 2.36. The summed E-state index contributed by atoms with van der Waals surface area (Å²) in [5.41, 5.74) is 0. The van der Waals surface area contributed by atoms with Gasteiger partial charge in [0, 0.05) is 0 Å². The minimum atomic E-state index is -4.53. The van der Waals surface area contributed by atoms with E-state index in [-0.39, 0.29) is 13.2 Å². The van der Waals surface area contributed by atoms with Crippen molar-refractivity contribution in [2.75, 3.05) is 19.8 Å². The molecule has 0 radical (unpaired) electrons. The summed E-state index contributed by atoms with van der Waals surface area (Å²) in [7, 11) is -3.93. The van der Waals surface area contributed by atoms with Gasteiger partial charge in [0.25, 0.3) is 0 Å². The lowest BCUT2D eigenvalue weighted by atomic mass is 10.5. The average Bonchev–Trinajstić information content (AvgIpc) is 2.02. The Morgan fingerprint density at radius 3 is 2.31 bits per heavy atom. The molecule has 78 valence electrons. The number of alkyl halides is 3. The van der Waals surface area contributed by atoms with E-state index in [1.54, 1.807) is 0 Å². The maximum Gasteiger partial charge on any atom is 0.475 e. The van der Waals surface area contributed by atoms with Crippen molar-refractivity contribution in [1.82, 2.24) is 0 Å². The number of hydrogen-bond donors (Lipinski definition) is 0. The quantitative estimate of drug-likeness (QED) is 0.668. The van der Waals surface area contributed by atoms with E-state index in [0.717, 1.165) is 0 Å². The standard InChI is InChI=1S/C5H8F3O4P/c6-5(7,8)4-12-13(9)10-2-1-3-11-13/h1-4H2. The van der Waals surface area contributed by atoms with Crippen molar-refractivity contribution in [2.24, 2.45) is 0 Å². The van der Waals surface area contributed by atoms with E-state index in [2.05, 4.69) is 13.6 Å². The summed E-state index contributed by atoms with van der Waals surface area (Å²) >= 11 is 0. The topological polar surface area (TPSA) is 44.8 Å². The molecule has 0 aromatic rings. The van der Waals surface area contributed by atoms with Crippen molar-refractivity contribution in [3.05, 3.63) is 0 Å². The summed E-state index contributed by atoms with van der Waals surface area (Å²) in [6.07, 6.45) is -4.03. The van der Waals surface area contributed by atoms with Gasteiger partial charge in [0.15, 0.2) is 6.61 Å². The van der Waals surface area contributed by atoms with Gasteiger partial charge in [0.2, 0.25) is 0 Å². The van der Waals surface area contributed by atoms with Gasteiger partial charge < -0.3 is 0 Å². The third kappa shape index (κ3) is 4.08. The molecule has 1 saturated heterocycles. The number of halogens is 3. The molecule has 1 rings (SSSR count). The number of phosphoric acid groups is 1. The SMILES string of the molecule is O=P1(OCC(F)(F)F)OCCCO1. The molecule has 0 aliphatic carbocycles. The molecule has 0 bridgehead atoms. The number of hydrogen-bond acceptors (Lipinski definition) is 4. The lowest BCUT2D eigenvalue weighted by Crippen LogP contribution is -2.19. The summed E-state index contributed by atoms with van der Waals surface area (Å²) in [6.45, 7) is -1.44. The molecule has 0 aromatic heterocycles. The fourth-order valence-electron chi connectivity index (χ4n) is 0.676. The van der Waals surface area contributed by atoms with Crippen molar-refractivity contribution >= 4 is 7.82 Å². The first-order chi connectivity index (χ1) is 5.91. The van der Waals surface area contributed by atoms with Crippen molar-refractivity contribution in [3.8, 4) is 0 Å². The van der Waals surface area contributed by atoms with Crippen molar-refractivity contribution < 1.29 is 31.3 Å². The largest absolute Gasteiger partial charge is 0.475 e. The Bertz CT molecular complexity index is 206. The highest BCUT2D eigenvalue weighted by Crippen LogP contribution is 2.52. The van der Waals surface area contributed by atoms with E-state index in [4.69, 9.17) is 0 Å². The maximum absolute atomic E-state index is 11.6. The molecule has 1 heterocycles. The fraction of sp³-hybridized carbons (Fsp3) is 1.00. The molecule has 13 heavy (non-hydrogen) atoms. The molecule has 1 aliphatic heterocycles. The molecular weight excluding hydrogens is 212 g/mol. The van der Waals surface area contributed by atoms with Crippen LogP contribution in [0.5, 0.6) is 0 Å². The summed E-state index contributed by atoms with van der Waals surface area (Å²) in [4.78, 5) is 0. The second kappa shape index (κ2) is 3.96. The minimum Gasteiger partial charge on any atom is -0.287 e. The second-order valence-corrected chi connectivity index (χ2v) is 4.02. The number of rotatable bonds is 2. The summed E-state index contributed by atoms with van der Waals surface area (Å²) in [5.74, 6) is 0. The normalized spacial score (nSPS) is 23.0. The summed E-state index contributed by atoms with van der Waals surface area (Å²) < 4.78 is 58.9. The van der Waals surface area contributed by atoms with E-state index in [9.17, 15) is 17.7 Å². The molecular formula is C5H8F3O4P. The van der Waals surface area contributed by atoms with Crippen molar-refractivity contribution in [1.29, 1.82) is 0 Å². The van der Waals surface area contributed by atoms with Gasteiger partial charge in [0.05, 0.1) is 13.2 Å². The van der Waals surface area contributed by atoms with Crippen LogP contribution in [0.2, 0.25) is 0 Å². The van der Waals surface area contributed by atoms with E-state index in [1.807, 2.05) is 0 Å². The van der Waals surface area contributed by atoms with Crippen LogP contribution in [-0.4, -0.2) is 26.0 Å². The Balaban J connectivity index is 2.38. The Kier molecular flexibility index (Phi) is 3.34. The van der Waals surface area contributed by atoms with Crippen LogP contribution in [0.25, 0.3) is 0 Å². The van der Waals surface area contributed by atoms with Crippen LogP contribution in [0.4, 0.5) is 13.2 Å². The molecule has 1 fully saturated rings. The summed E-state index contributed by atoms with van der Waals surface area (Å²) in [6, 6.07) is 0. The van der Waals surface area contributed by atoms with Crippen molar-refractivity contribution in [3.63, 3.8) is 0 Å². The first-order valence-corrected chi connectivity index (χ1v) is 4.98. The molecule has 4 nitrogen and oxygen atoms in total. The van der Waals surface area contributed by atoms with E-state index in [1.165, 1.54) is 0 Å². The third-order valence-corrected chi connectivity index (χ3v) is 2.62. The molecule has 0 atom stereocenters. The predicted octanol–water partition coefficient (Wildman–Crippen LogP) is 2.11. The Morgan fingerprint density at radius 2 is 1.85 bits per heavy atom. The molecule has 0 spiro atoms. The van der Waals surface area contributed by atoms with Crippen LogP contribution >= 0.6 is 7.82 Å². The lowest BCUT2D eigenvalue weighted by Gasteiger charge is -2.22. The Hall–Kier alpha value is -0.100. The molecule has 0 aromatic carbocycles. The minimum absolute atomic E-state index is 0.0924. The predicted molar refractivity (Wildman–Crippen MR) is 36.1 cm³/mol. The average molecular weight is 220 g/mol. The van der Waals surface area contributed by atoms with Crippen LogP contribution in [0.3, 0.4) is 0 Å². The van der Waals surface area contributed by atoms with E-state index in [0.29, 0.717) is 6.42 Å². The van der Waals surface area contributed by atoms with Gasteiger partial charge >= 0.3 is 14.0 Å². The van der Waals surface area contributed by atoms with Gasteiger partial charge in [-0.25, -0.2) is 4.57 Å². The first-order valence-electron chi connectivity index (χ1n) is 3.52. The Labute approximate surface area is 72.6 Å². The van der Waals surface area contributed by atoms with Gasteiger partial charge in [-0.3, -0.25) is 13.6 Å². The zero-order chi connectivity index (χ0) is 9.95. The van der Waals surface area contributed by atoms with Crippen LogP contribution < -0.4 is 0 Å². The lowest BCUT2D eigenvalue weighted by molar-refractivity contribution is -0.159. The first kappa shape index (κ1) is 11.0. The fourth-order valence-corrected chi connectivity index (χ4v) is 1.91. The smallest absolute Gasteiger partial charge is 0.287 e. The Morgan fingerprint density at radius 1 is 1.31 bits per heavy atom. The zero-order valence-corrected chi connectivity index (χ0v) is 7.44. The van der Waals surface area contributed by atoms with Gasteiger partial charge in [-0.15, -0.1) is 0 Å². The van der Waals surface area contributed by atoms with E-state index < -0.39 is 20.6 Å². The monoisotopic (exact) mass is 220 g/mol. The molecule has 0 saturated carbocycles. The highest BCUT2D eigenvalue weighted by molar-refractivity contribution is 7.48. The molecule has 1 aliphatic rings. The van der Waals surface area contributed by atoms with Gasteiger partial charge in [-0.05, 0) is 6.42 Å². The summed E-state index contributed by atoms with van der Waals surface area (Å²) in [5, 5.41) is 0. The van der Waals surface area contributed by atoms with E-state index >= 15 is 0 Å². The zero-order valence-electron chi connectivity index (χ0n) is 6.54. The van der Waals surface area contributed by atoms with Crippen LogP contribution in [0, 0.1) is 0 Å². The van der Waals surface area contributed by atoms with Gasteiger partial charge in [0.1, 0.15) is 0 Å².